The summed E-state index contributed by atoms with van der Waals surface area (Å²) in [6.45, 7) is 0. The molecule has 0 radical (unpaired) electrons. The number of rotatable bonds is 2. The minimum absolute atomic E-state index is 0. The predicted molar refractivity (Wildman–Crippen MR) is 37.6 cm³/mol. The zero-order valence-corrected chi connectivity index (χ0v) is 5.39. The van der Waals surface area contributed by atoms with E-state index in [2.05, 4.69) is 3.63 Å². The third-order valence-corrected chi connectivity index (χ3v) is 1.55. The Hall–Kier alpha value is -0.220. The van der Waals surface area contributed by atoms with Gasteiger partial charge in [-0.1, -0.05) is 14.9 Å². The van der Waals surface area contributed by atoms with E-state index in [4.69, 9.17) is 9.11 Å². The summed E-state index contributed by atoms with van der Waals surface area (Å²) in [7, 11) is -10.2. The second-order valence-electron chi connectivity index (χ2n) is 0.924. The van der Waals surface area contributed by atoms with Gasteiger partial charge in [-0.3, -0.25) is 9.11 Å². The molecular formula is C2H10O7S2. The van der Waals surface area contributed by atoms with Crippen molar-refractivity contribution in [2.45, 2.75) is 14.9 Å². The second-order valence-corrected chi connectivity index (χ2v) is 3.18. The van der Waals surface area contributed by atoms with E-state index in [0.717, 1.165) is 0 Å². The Morgan fingerprint density at radius 2 is 1.00 bits per heavy atom. The first kappa shape index (κ1) is 17.0. The van der Waals surface area contributed by atoms with E-state index < -0.39 is 20.8 Å². The highest BCUT2D eigenvalue weighted by atomic mass is 32.3. The Morgan fingerprint density at radius 1 is 0.818 bits per heavy atom. The fourth-order valence-corrected chi connectivity index (χ4v) is 0.978. The molecule has 0 atom stereocenters. The highest BCUT2D eigenvalue weighted by Gasteiger charge is 2.15. The van der Waals surface area contributed by atoms with Crippen molar-refractivity contribution in [3.8, 4) is 0 Å². The maximum Gasteiger partial charge on any atom is 0.413 e. The molecule has 72 valence electrons. The van der Waals surface area contributed by atoms with Crippen LogP contribution in [0, 0.1) is 0 Å². The van der Waals surface area contributed by atoms with Crippen LogP contribution in [0.25, 0.3) is 0 Å². The summed E-state index contributed by atoms with van der Waals surface area (Å²) in [5.41, 5.74) is 0. The summed E-state index contributed by atoms with van der Waals surface area (Å²) in [6, 6.07) is 0. The van der Waals surface area contributed by atoms with Crippen LogP contribution in [0.5, 0.6) is 0 Å². The van der Waals surface area contributed by atoms with Crippen LogP contribution >= 0.6 is 0 Å². The van der Waals surface area contributed by atoms with Crippen LogP contribution in [0.4, 0.5) is 0 Å². The van der Waals surface area contributed by atoms with E-state index in [1.165, 1.54) is 0 Å². The van der Waals surface area contributed by atoms with Gasteiger partial charge in [0.15, 0.2) is 0 Å². The molecule has 0 saturated carbocycles. The van der Waals surface area contributed by atoms with Crippen molar-refractivity contribution < 1.29 is 29.6 Å². The van der Waals surface area contributed by atoms with E-state index in [0.29, 0.717) is 0 Å². The van der Waals surface area contributed by atoms with Crippen LogP contribution in [0.3, 0.4) is 0 Å². The summed E-state index contributed by atoms with van der Waals surface area (Å²) in [5.74, 6) is 0. The van der Waals surface area contributed by atoms with Gasteiger partial charge in [-0.15, -0.1) is 3.63 Å². The first-order valence-corrected chi connectivity index (χ1v) is 4.10. The lowest BCUT2D eigenvalue weighted by Crippen LogP contribution is -2.10. The van der Waals surface area contributed by atoms with Crippen molar-refractivity contribution in [1.82, 2.24) is 0 Å². The first-order valence-electron chi connectivity index (χ1n) is 1.37. The fraction of sp³-hybridized carbons (Fsp3) is 1.00. The van der Waals surface area contributed by atoms with Crippen LogP contribution in [-0.4, -0.2) is 25.9 Å². The predicted octanol–water partition coefficient (Wildman–Crippen LogP) is -0.119. The van der Waals surface area contributed by atoms with Crippen molar-refractivity contribution in [2.75, 3.05) is 0 Å². The summed E-state index contributed by atoms with van der Waals surface area (Å²) in [6.07, 6.45) is 0. The van der Waals surface area contributed by atoms with Gasteiger partial charge in [0, 0.05) is 0 Å². The molecule has 9 heteroatoms. The molecule has 0 aliphatic heterocycles. The average Bonchev–Trinajstić information content (AvgIpc) is 1.14. The standard InChI is InChI=1S/2CH4.H2O7S2/c;;1-8(2,3)7-9(4,5)6/h2*1H4;(H,1,2,3)(H,4,5,6). The van der Waals surface area contributed by atoms with Gasteiger partial charge < -0.3 is 0 Å². The van der Waals surface area contributed by atoms with Gasteiger partial charge in [-0.2, -0.15) is 16.8 Å². The molecule has 0 aliphatic rings. The van der Waals surface area contributed by atoms with Crippen LogP contribution < -0.4 is 0 Å². The maximum atomic E-state index is 9.44. The van der Waals surface area contributed by atoms with Gasteiger partial charge in [0.25, 0.3) is 0 Å². The van der Waals surface area contributed by atoms with Gasteiger partial charge in [-0.05, 0) is 0 Å². The second kappa shape index (κ2) is 4.62. The Labute approximate surface area is 65.9 Å². The first-order chi connectivity index (χ1) is 3.71. The van der Waals surface area contributed by atoms with Crippen molar-refractivity contribution in [3.63, 3.8) is 0 Å². The molecule has 0 heterocycles. The van der Waals surface area contributed by atoms with Gasteiger partial charge in [-0.25, -0.2) is 0 Å². The van der Waals surface area contributed by atoms with Gasteiger partial charge in [0.05, 0.1) is 0 Å². The molecule has 0 fully saturated rings. The highest BCUT2D eigenvalue weighted by molar-refractivity contribution is 7.94. The highest BCUT2D eigenvalue weighted by Crippen LogP contribution is 1.91. The Morgan fingerprint density at radius 3 is 1.00 bits per heavy atom. The Balaban J connectivity index is -0.000000320. The Kier molecular flexibility index (Phi) is 7.15. The lowest BCUT2D eigenvalue weighted by atomic mass is 12.0. The van der Waals surface area contributed by atoms with E-state index in [9.17, 15) is 16.8 Å². The quantitative estimate of drug-likeness (QED) is 0.610. The van der Waals surface area contributed by atoms with Crippen LogP contribution in [0.2, 0.25) is 0 Å². The molecule has 0 amide bonds. The number of hydrogen-bond acceptors (Lipinski definition) is 5. The molecule has 0 aromatic carbocycles. The smallest absolute Gasteiger partial charge is 0.263 e. The summed E-state index contributed by atoms with van der Waals surface area (Å²) in [5, 5.41) is 0. The molecule has 0 rings (SSSR count). The van der Waals surface area contributed by atoms with Crippen molar-refractivity contribution in [1.29, 1.82) is 0 Å². The summed E-state index contributed by atoms with van der Waals surface area (Å²) >= 11 is 0. The Bertz CT molecular complexity index is 240. The van der Waals surface area contributed by atoms with E-state index in [-0.39, 0.29) is 14.9 Å². The van der Waals surface area contributed by atoms with Gasteiger partial charge in [0.1, 0.15) is 0 Å². The SMILES string of the molecule is C.C.O=S(=O)(O)OS(=O)(=O)O. The van der Waals surface area contributed by atoms with Crippen LogP contribution in [0.15, 0.2) is 0 Å². The molecule has 0 aromatic rings. The minimum Gasteiger partial charge on any atom is -0.263 e. The van der Waals surface area contributed by atoms with Gasteiger partial charge in [0.2, 0.25) is 0 Å². The van der Waals surface area contributed by atoms with E-state index >= 15 is 0 Å². The zero-order valence-electron chi connectivity index (χ0n) is 3.75. The number of hydrogen-bond donors (Lipinski definition) is 2. The third kappa shape index (κ3) is 17.7. The zero-order chi connectivity index (χ0) is 7.71. The lowest BCUT2D eigenvalue weighted by molar-refractivity contribution is 0.344. The molecule has 7 nitrogen and oxygen atoms in total. The average molecular weight is 210 g/mol. The molecule has 0 spiro atoms. The van der Waals surface area contributed by atoms with Crippen LogP contribution in [0.1, 0.15) is 14.9 Å². The lowest BCUT2D eigenvalue weighted by Gasteiger charge is -1.89. The van der Waals surface area contributed by atoms with Gasteiger partial charge >= 0.3 is 20.8 Å². The maximum absolute atomic E-state index is 9.44. The molecule has 11 heavy (non-hydrogen) atoms. The molecule has 0 aromatic heterocycles. The van der Waals surface area contributed by atoms with Crippen LogP contribution in [-0.2, 0) is 24.4 Å². The monoisotopic (exact) mass is 210 g/mol. The topological polar surface area (TPSA) is 118 Å². The largest absolute Gasteiger partial charge is 0.413 e. The molecule has 0 unspecified atom stereocenters. The molecule has 0 bridgehead atoms. The molecule has 0 aliphatic carbocycles. The third-order valence-electron chi connectivity index (χ3n) is 0.172. The normalized spacial score (nSPS) is 11.1. The molecule has 0 saturated heterocycles. The fourth-order valence-electron chi connectivity index (χ4n) is 0.109. The summed E-state index contributed by atoms with van der Waals surface area (Å²) in [4.78, 5) is 0. The molecule has 2 N–H and O–H groups in total. The minimum atomic E-state index is -5.12. The summed E-state index contributed by atoms with van der Waals surface area (Å²) < 4.78 is 55.6. The van der Waals surface area contributed by atoms with E-state index in [1.807, 2.05) is 0 Å². The van der Waals surface area contributed by atoms with Crippen molar-refractivity contribution >= 4 is 20.8 Å². The molecular weight excluding hydrogens is 200 g/mol. The van der Waals surface area contributed by atoms with Crippen molar-refractivity contribution in [3.05, 3.63) is 0 Å². The van der Waals surface area contributed by atoms with Crippen molar-refractivity contribution in [2.24, 2.45) is 0 Å². The van der Waals surface area contributed by atoms with E-state index in [1.54, 1.807) is 0 Å².